The molecule has 27 heavy (non-hydrogen) atoms. The quantitative estimate of drug-likeness (QED) is 0.423. The predicted octanol–water partition coefficient (Wildman–Crippen LogP) is 4.13. The fourth-order valence-electron chi connectivity index (χ4n) is 2.49. The predicted molar refractivity (Wildman–Crippen MR) is 106 cm³/mol. The van der Waals surface area contributed by atoms with Crippen molar-refractivity contribution in [3.05, 3.63) is 72.3 Å². The molecule has 0 aliphatic carbocycles. The van der Waals surface area contributed by atoms with Crippen LogP contribution >= 0.6 is 0 Å². The van der Waals surface area contributed by atoms with Crippen molar-refractivity contribution in [2.75, 3.05) is 13.2 Å². The molecule has 3 rings (SSSR count). The summed E-state index contributed by atoms with van der Waals surface area (Å²) in [6.45, 7) is 5.42. The SMILES string of the molecule is CCC(C)c1ccc(OCCOc2ccc(C=Nn3cnnc3)cc2)cc1. The van der Waals surface area contributed by atoms with E-state index < -0.39 is 0 Å². The zero-order valence-corrected chi connectivity index (χ0v) is 15.7. The van der Waals surface area contributed by atoms with Crippen molar-refractivity contribution in [3.8, 4) is 11.5 Å². The highest BCUT2D eigenvalue weighted by molar-refractivity contribution is 5.79. The molecule has 0 saturated carbocycles. The number of hydrogen-bond acceptors (Lipinski definition) is 5. The highest BCUT2D eigenvalue weighted by Crippen LogP contribution is 2.21. The highest BCUT2D eigenvalue weighted by Gasteiger charge is 2.03. The smallest absolute Gasteiger partial charge is 0.141 e. The van der Waals surface area contributed by atoms with E-state index in [0.717, 1.165) is 23.5 Å². The summed E-state index contributed by atoms with van der Waals surface area (Å²) < 4.78 is 13.0. The van der Waals surface area contributed by atoms with Gasteiger partial charge in [-0.2, -0.15) is 5.10 Å². The fourth-order valence-corrected chi connectivity index (χ4v) is 2.49. The molecule has 0 amide bonds. The van der Waals surface area contributed by atoms with Gasteiger partial charge in [-0.1, -0.05) is 26.0 Å². The van der Waals surface area contributed by atoms with E-state index in [-0.39, 0.29) is 0 Å². The highest BCUT2D eigenvalue weighted by atomic mass is 16.5. The van der Waals surface area contributed by atoms with Crippen molar-refractivity contribution in [3.63, 3.8) is 0 Å². The molecule has 0 radical (unpaired) electrons. The van der Waals surface area contributed by atoms with E-state index in [1.54, 1.807) is 6.21 Å². The lowest BCUT2D eigenvalue weighted by Crippen LogP contribution is -2.09. The van der Waals surface area contributed by atoms with Crippen molar-refractivity contribution in [1.82, 2.24) is 14.9 Å². The van der Waals surface area contributed by atoms with Gasteiger partial charge in [0, 0.05) is 0 Å². The molecule has 6 heteroatoms. The maximum absolute atomic E-state index is 5.74. The standard InChI is InChI=1S/C21H24N4O2/c1-3-17(2)19-6-10-21(11-7-19)27-13-12-26-20-8-4-18(5-9-20)14-24-25-15-22-23-16-25/h4-11,14-17H,3,12-13H2,1-2H3. The Hall–Kier alpha value is -3.15. The molecule has 6 nitrogen and oxygen atoms in total. The van der Waals surface area contributed by atoms with Gasteiger partial charge in [-0.3, -0.25) is 0 Å². The van der Waals surface area contributed by atoms with Crippen LogP contribution in [0.3, 0.4) is 0 Å². The average molecular weight is 364 g/mol. The number of rotatable bonds is 9. The number of hydrogen-bond donors (Lipinski definition) is 0. The molecule has 0 bridgehead atoms. The summed E-state index contributed by atoms with van der Waals surface area (Å²) in [6, 6.07) is 16.0. The minimum Gasteiger partial charge on any atom is -0.490 e. The van der Waals surface area contributed by atoms with Crippen LogP contribution in [0.5, 0.6) is 11.5 Å². The molecule has 1 aromatic heterocycles. The largest absolute Gasteiger partial charge is 0.490 e. The van der Waals surface area contributed by atoms with Crippen LogP contribution in [-0.4, -0.2) is 34.3 Å². The Morgan fingerprint density at radius 2 is 1.48 bits per heavy atom. The molecule has 1 atom stereocenters. The normalized spacial score (nSPS) is 12.2. The molecular weight excluding hydrogens is 340 g/mol. The minimum atomic E-state index is 0.487. The third-order valence-electron chi connectivity index (χ3n) is 4.31. The van der Waals surface area contributed by atoms with Crippen LogP contribution in [0.4, 0.5) is 0 Å². The average Bonchev–Trinajstić information content (AvgIpc) is 3.24. The van der Waals surface area contributed by atoms with Gasteiger partial charge in [-0.15, -0.1) is 10.2 Å². The first-order chi connectivity index (χ1) is 13.2. The van der Waals surface area contributed by atoms with Crippen LogP contribution in [0.1, 0.15) is 37.3 Å². The maximum Gasteiger partial charge on any atom is 0.141 e. The Balaban J connectivity index is 1.41. The first kappa shape index (κ1) is 18.6. The van der Waals surface area contributed by atoms with Gasteiger partial charge in [0.2, 0.25) is 0 Å². The third kappa shape index (κ3) is 5.67. The van der Waals surface area contributed by atoms with Crippen LogP contribution in [0.2, 0.25) is 0 Å². The lowest BCUT2D eigenvalue weighted by molar-refractivity contribution is 0.217. The van der Waals surface area contributed by atoms with Gasteiger partial charge in [0.05, 0.1) is 6.21 Å². The topological polar surface area (TPSA) is 61.5 Å². The zero-order valence-electron chi connectivity index (χ0n) is 15.7. The van der Waals surface area contributed by atoms with Gasteiger partial charge >= 0.3 is 0 Å². The summed E-state index contributed by atoms with van der Waals surface area (Å²) in [6.07, 6.45) is 5.94. The van der Waals surface area contributed by atoms with E-state index in [1.165, 1.54) is 22.9 Å². The van der Waals surface area contributed by atoms with Gasteiger partial charge in [-0.25, -0.2) is 4.68 Å². The van der Waals surface area contributed by atoms with Crippen molar-refractivity contribution < 1.29 is 9.47 Å². The molecule has 0 spiro atoms. The van der Waals surface area contributed by atoms with Crippen molar-refractivity contribution >= 4 is 6.21 Å². The molecule has 1 heterocycles. The number of aromatic nitrogens is 3. The van der Waals surface area contributed by atoms with E-state index in [2.05, 4.69) is 41.3 Å². The summed E-state index contributed by atoms with van der Waals surface area (Å²) in [4.78, 5) is 0. The van der Waals surface area contributed by atoms with Gasteiger partial charge in [0.15, 0.2) is 0 Å². The van der Waals surface area contributed by atoms with Crippen LogP contribution in [0.15, 0.2) is 66.3 Å². The van der Waals surface area contributed by atoms with E-state index >= 15 is 0 Å². The fraction of sp³-hybridized carbons (Fsp3) is 0.286. The second-order valence-corrected chi connectivity index (χ2v) is 6.23. The molecule has 0 aliphatic rings. The van der Waals surface area contributed by atoms with Crippen molar-refractivity contribution in [2.24, 2.45) is 5.10 Å². The van der Waals surface area contributed by atoms with Gasteiger partial charge < -0.3 is 9.47 Å². The molecular formula is C21H24N4O2. The van der Waals surface area contributed by atoms with E-state index in [4.69, 9.17) is 9.47 Å². The van der Waals surface area contributed by atoms with E-state index in [9.17, 15) is 0 Å². The van der Waals surface area contributed by atoms with Crippen LogP contribution in [-0.2, 0) is 0 Å². The first-order valence-corrected chi connectivity index (χ1v) is 9.09. The molecule has 0 aliphatic heterocycles. The number of nitrogens with zero attached hydrogens (tertiary/aromatic N) is 4. The molecule has 0 N–H and O–H groups in total. The Labute approximate surface area is 159 Å². The van der Waals surface area contributed by atoms with Gasteiger partial charge in [-0.05, 0) is 59.9 Å². The van der Waals surface area contributed by atoms with Crippen LogP contribution in [0, 0.1) is 0 Å². The molecule has 1 unspecified atom stereocenters. The van der Waals surface area contributed by atoms with E-state index in [1.807, 2.05) is 36.4 Å². The molecule has 0 fully saturated rings. The summed E-state index contributed by atoms with van der Waals surface area (Å²) in [5.41, 5.74) is 2.31. The molecule has 2 aromatic carbocycles. The Morgan fingerprint density at radius 1 is 0.926 bits per heavy atom. The van der Waals surface area contributed by atoms with Crippen molar-refractivity contribution in [1.29, 1.82) is 0 Å². The summed E-state index contributed by atoms with van der Waals surface area (Å²) >= 11 is 0. The maximum atomic E-state index is 5.74. The van der Waals surface area contributed by atoms with Crippen molar-refractivity contribution in [2.45, 2.75) is 26.2 Å². The van der Waals surface area contributed by atoms with Gasteiger partial charge in [0.25, 0.3) is 0 Å². The number of benzene rings is 2. The molecule has 3 aromatic rings. The van der Waals surface area contributed by atoms with Crippen LogP contribution in [0.25, 0.3) is 0 Å². The van der Waals surface area contributed by atoms with Crippen LogP contribution < -0.4 is 9.47 Å². The lowest BCUT2D eigenvalue weighted by Gasteiger charge is -2.11. The second-order valence-electron chi connectivity index (χ2n) is 6.23. The first-order valence-electron chi connectivity index (χ1n) is 9.09. The zero-order chi connectivity index (χ0) is 18.9. The Kier molecular flexibility index (Phi) is 6.57. The second kappa shape index (κ2) is 9.52. The molecule has 140 valence electrons. The van der Waals surface area contributed by atoms with Gasteiger partial charge in [0.1, 0.15) is 37.4 Å². The number of ether oxygens (including phenoxy) is 2. The minimum absolute atomic E-state index is 0.487. The summed E-state index contributed by atoms with van der Waals surface area (Å²) in [5.74, 6) is 2.24. The third-order valence-corrected chi connectivity index (χ3v) is 4.31. The Morgan fingerprint density at radius 3 is 2.04 bits per heavy atom. The summed E-state index contributed by atoms with van der Waals surface area (Å²) in [5, 5.41) is 11.6. The Bertz CT molecular complexity index is 828. The monoisotopic (exact) mass is 364 g/mol. The van der Waals surface area contributed by atoms with E-state index in [0.29, 0.717) is 19.1 Å². The molecule has 0 saturated heterocycles. The lowest BCUT2D eigenvalue weighted by atomic mass is 9.99. The summed E-state index contributed by atoms with van der Waals surface area (Å²) in [7, 11) is 0.